The molecule has 0 atom stereocenters. The molecule has 0 N–H and O–H groups in total. The second-order valence-electron chi connectivity index (χ2n) is 13.3. The minimum Gasteiger partial charge on any atom is -0.455 e. The lowest BCUT2D eigenvalue weighted by molar-refractivity contribution is 0.670. The zero-order valence-electron chi connectivity index (χ0n) is 33.7. The van der Waals surface area contributed by atoms with Crippen LogP contribution in [0.25, 0.3) is 61.0 Å². The van der Waals surface area contributed by atoms with Crippen LogP contribution in [0.2, 0.25) is 0 Å². The van der Waals surface area contributed by atoms with Gasteiger partial charge in [-0.05, 0) is 98.7 Å². The maximum absolute atomic E-state index is 6.07. The lowest BCUT2D eigenvalue weighted by Crippen LogP contribution is -1.88. The van der Waals surface area contributed by atoms with E-state index < -0.39 is 0 Å². The van der Waals surface area contributed by atoms with Crippen molar-refractivity contribution in [2.75, 3.05) is 0 Å². The van der Waals surface area contributed by atoms with Gasteiger partial charge >= 0.3 is 0 Å². The zero-order valence-corrected chi connectivity index (χ0v) is 33.7. The van der Waals surface area contributed by atoms with E-state index in [1.54, 1.807) is 6.08 Å². The van der Waals surface area contributed by atoms with Crippen molar-refractivity contribution in [2.24, 2.45) is 0 Å². The molecular weight excluding hydrogens is 653 g/mol. The molecule has 1 nitrogen and oxygen atoms in total. The van der Waals surface area contributed by atoms with E-state index >= 15 is 0 Å². The Morgan fingerprint density at radius 2 is 1.00 bits per heavy atom. The number of furan rings is 1. The average molecular weight is 709 g/mol. The molecule has 8 rings (SSSR count). The first-order chi connectivity index (χ1) is 26.2. The molecule has 274 valence electrons. The lowest BCUT2D eigenvalue weighted by Gasteiger charge is -2.10. The summed E-state index contributed by atoms with van der Waals surface area (Å²) in [5, 5.41) is 5.09. The van der Waals surface area contributed by atoms with Crippen molar-refractivity contribution >= 4 is 38.8 Å². The molecule has 7 aromatic carbocycles. The molecule has 0 aliphatic rings. The van der Waals surface area contributed by atoms with Gasteiger partial charge in [0.05, 0.1) is 0 Å². The molecule has 0 bridgehead atoms. The Morgan fingerprint density at radius 3 is 1.63 bits per heavy atom. The molecule has 0 spiro atoms. The van der Waals surface area contributed by atoms with E-state index in [2.05, 4.69) is 188 Å². The number of rotatable bonds is 3. The Morgan fingerprint density at radius 1 is 0.463 bits per heavy atom. The number of benzene rings is 7. The third-order valence-corrected chi connectivity index (χ3v) is 9.01. The largest absolute Gasteiger partial charge is 0.455 e. The molecule has 0 aliphatic heterocycles. The molecule has 1 heterocycles. The topological polar surface area (TPSA) is 13.1 Å². The van der Waals surface area contributed by atoms with Crippen LogP contribution in [0.5, 0.6) is 0 Å². The Balaban J connectivity index is 0.000000174. The van der Waals surface area contributed by atoms with Gasteiger partial charge in [0, 0.05) is 16.3 Å². The summed E-state index contributed by atoms with van der Waals surface area (Å²) < 4.78 is 6.07. The third kappa shape index (κ3) is 10.4. The highest BCUT2D eigenvalue weighted by Crippen LogP contribution is 2.35. The monoisotopic (exact) mass is 708 g/mol. The van der Waals surface area contributed by atoms with E-state index in [0.717, 1.165) is 16.7 Å². The van der Waals surface area contributed by atoms with E-state index in [9.17, 15) is 0 Å². The van der Waals surface area contributed by atoms with Gasteiger partial charge in [-0.3, -0.25) is 0 Å². The Bertz CT molecular complexity index is 2400. The first-order valence-electron chi connectivity index (χ1n) is 19.0. The number of para-hydroxylation sites is 2. The quantitative estimate of drug-likeness (QED) is 0.167. The maximum atomic E-state index is 6.07. The van der Waals surface area contributed by atoms with Crippen molar-refractivity contribution in [1.29, 1.82) is 0 Å². The summed E-state index contributed by atoms with van der Waals surface area (Å²) in [6.07, 6.45) is 6.07. The van der Waals surface area contributed by atoms with Crippen LogP contribution in [0.15, 0.2) is 169 Å². The highest BCUT2D eigenvalue weighted by molar-refractivity contribution is 6.09. The van der Waals surface area contributed by atoms with E-state index in [4.69, 9.17) is 4.42 Å². The Hall–Kier alpha value is -5.92. The fourth-order valence-corrected chi connectivity index (χ4v) is 6.39. The fraction of sp³-hybridized carbons (Fsp3) is 0.170. The van der Waals surface area contributed by atoms with Gasteiger partial charge in [-0.25, -0.2) is 0 Å². The van der Waals surface area contributed by atoms with Crippen LogP contribution in [0.4, 0.5) is 0 Å². The zero-order chi connectivity index (χ0) is 39.0. The Labute approximate surface area is 324 Å². The van der Waals surface area contributed by atoms with E-state index in [1.807, 2.05) is 39.0 Å². The molecule has 1 heteroatoms. The molecule has 0 saturated carbocycles. The SMILES string of the molecule is C/C=C\c1c(C)cc(C)c2ccc(C)cc12.C=CC.CC.Cc1ccc(-c2cccc3c2oc2ccccc23)cc1.Cc1ccc(-c2ccccc2)cc1. The third-order valence-electron chi connectivity index (χ3n) is 9.01. The van der Waals surface area contributed by atoms with Gasteiger partial charge in [0.15, 0.2) is 0 Å². The fourth-order valence-electron chi connectivity index (χ4n) is 6.39. The molecule has 54 heavy (non-hydrogen) atoms. The van der Waals surface area contributed by atoms with Crippen LogP contribution in [-0.4, -0.2) is 0 Å². The summed E-state index contributed by atoms with van der Waals surface area (Å²) in [7, 11) is 0. The van der Waals surface area contributed by atoms with Crippen molar-refractivity contribution < 1.29 is 4.42 Å². The van der Waals surface area contributed by atoms with Gasteiger partial charge in [-0.1, -0.05) is 188 Å². The average Bonchev–Trinajstić information content (AvgIpc) is 3.58. The van der Waals surface area contributed by atoms with Gasteiger partial charge < -0.3 is 4.42 Å². The molecule has 1 aromatic heterocycles. The van der Waals surface area contributed by atoms with Gasteiger partial charge in [-0.2, -0.15) is 0 Å². The van der Waals surface area contributed by atoms with Crippen molar-refractivity contribution in [3.8, 4) is 22.3 Å². The van der Waals surface area contributed by atoms with Crippen LogP contribution in [0.3, 0.4) is 0 Å². The van der Waals surface area contributed by atoms with Crippen molar-refractivity contribution in [1.82, 2.24) is 0 Å². The first-order valence-corrected chi connectivity index (χ1v) is 19.0. The predicted molar refractivity (Wildman–Crippen MR) is 241 cm³/mol. The summed E-state index contributed by atoms with van der Waals surface area (Å²) in [5.74, 6) is 0. The molecule has 0 saturated heterocycles. The molecule has 8 aromatic rings. The molecule has 0 fully saturated rings. The second kappa shape index (κ2) is 20.4. The summed E-state index contributed by atoms with van der Waals surface area (Å²) in [6, 6.07) is 51.1. The summed E-state index contributed by atoms with van der Waals surface area (Å²) in [4.78, 5) is 0. The normalized spacial score (nSPS) is 10.3. The minimum absolute atomic E-state index is 0.946. The summed E-state index contributed by atoms with van der Waals surface area (Å²) in [5.41, 5.74) is 14.8. The van der Waals surface area contributed by atoms with Crippen LogP contribution >= 0.6 is 0 Å². The smallest absolute Gasteiger partial charge is 0.143 e. The molecule has 0 radical (unpaired) electrons. The number of hydrogen-bond acceptors (Lipinski definition) is 1. The first kappa shape index (κ1) is 40.8. The summed E-state index contributed by atoms with van der Waals surface area (Å²) >= 11 is 0. The Kier molecular flexibility index (Phi) is 15.4. The maximum Gasteiger partial charge on any atom is 0.143 e. The summed E-state index contributed by atoms with van der Waals surface area (Å²) in [6.45, 7) is 22.0. The second-order valence-corrected chi connectivity index (χ2v) is 13.3. The van der Waals surface area contributed by atoms with Crippen LogP contribution < -0.4 is 0 Å². The van der Waals surface area contributed by atoms with E-state index in [0.29, 0.717) is 0 Å². The van der Waals surface area contributed by atoms with Gasteiger partial charge in [-0.15, -0.1) is 6.58 Å². The molecule has 0 amide bonds. The van der Waals surface area contributed by atoms with Gasteiger partial charge in [0.2, 0.25) is 0 Å². The predicted octanol–water partition coefficient (Wildman–Crippen LogP) is 16.2. The number of hydrogen-bond donors (Lipinski definition) is 0. The van der Waals surface area contributed by atoms with Crippen LogP contribution in [0, 0.1) is 34.6 Å². The van der Waals surface area contributed by atoms with Gasteiger partial charge in [0.25, 0.3) is 0 Å². The highest BCUT2D eigenvalue weighted by Gasteiger charge is 2.11. The van der Waals surface area contributed by atoms with Crippen molar-refractivity contribution in [3.63, 3.8) is 0 Å². The van der Waals surface area contributed by atoms with Crippen LogP contribution in [0.1, 0.15) is 61.1 Å². The van der Waals surface area contributed by atoms with Crippen molar-refractivity contribution in [2.45, 2.75) is 62.3 Å². The number of aryl methyl sites for hydroxylation is 5. The minimum atomic E-state index is 0.946. The highest BCUT2D eigenvalue weighted by atomic mass is 16.3. The van der Waals surface area contributed by atoms with Crippen LogP contribution in [-0.2, 0) is 0 Å². The molecule has 0 aliphatic carbocycles. The van der Waals surface area contributed by atoms with E-state index in [-0.39, 0.29) is 0 Å². The standard InChI is InChI=1S/C19H14O.C16H18.C13H12.C3H6.C2H6/c1-13-9-11-14(12-10-13)15-6-4-7-17-16-5-2-3-8-18(16)20-19(15)17;1-5-6-14-12(3)10-13(4)15-8-7-11(2)9-16(14)15;1-11-7-9-13(10-8-11)12-5-3-2-4-6-12;1-3-2;1-2/h2-12H,1H3;5-10H,1-4H3;2-10H,1H3;3H,1H2,2H3;1-2H3/b;6-5-;;;. The molecular formula is C53H56O. The van der Waals surface area contributed by atoms with Crippen molar-refractivity contribution in [3.05, 3.63) is 198 Å². The van der Waals surface area contributed by atoms with Gasteiger partial charge in [0.1, 0.15) is 11.2 Å². The van der Waals surface area contributed by atoms with E-state index in [1.165, 1.54) is 71.6 Å². The lowest BCUT2D eigenvalue weighted by atomic mass is 9.94. The number of fused-ring (bicyclic) bond motifs is 4. The number of allylic oxidation sites excluding steroid dienone is 2. The molecule has 0 unspecified atom stereocenters.